The number of anilines is 2. The SMILES string of the molecule is CS(=O)(=O)c1ccc(CCNc2cc(C3=CCNCC3)nc(N)n2)cc1.Cl. The van der Waals surface area contributed by atoms with Crippen LogP contribution in [0.25, 0.3) is 5.57 Å². The zero-order chi connectivity index (χ0) is 18.6. The van der Waals surface area contributed by atoms with E-state index in [0.29, 0.717) is 17.3 Å². The fourth-order valence-corrected chi connectivity index (χ4v) is 3.44. The smallest absolute Gasteiger partial charge is 0.222 e. The predicted octanol–water partition coefficient (Wildman–Crippen LogP) is 1.92. The number of aromatic nitrogens is 2. The number of nitrogens with zero attached hydrogens (tertiary/aromatic N) is 2. The summed E-state index contributed by atoms with van der Waals surface area (Å²) in [7, 11) is -3.16. The number of hydrogen-bond acceptors (Lipinski definition) is 7. The number of nitrogens with one attached hydrogen (secondary N) is 2. The molecule has 0 unspecified atom stereocenters. The summed E-state index contributed by atoms with van der Waals surface area (Å²) >= 11 is 0. The molecule has 1 aromatic carbocycles. The van der Waals surface area contributed by atoms with Crippen LogP contribution in [0.4, 0.5) is 11.8 Å². The van der Waals surface area contributed by atoms with Gasteiger partial charge in [-0.1, -0.05) is 18.2 Å². The van der Waals surface area contributed by atoms with Gasteiger partial charge in [-0.15, -0.1) is 12.4 Å². The first-order valence-corrected chi connectivity index (χ1v) is 10.4. The van der Waals surface area contributed by atoms with Crippen LogP contribution in [0.15, 0.2) is 41.3 Å². The highest BCUT2D eigenvalue weighted by molar-refractivity contribution is 7.90. The normalized spacial score (nSPS) is 14.2. The molecular weight excluding hydrogens is 386 g/mol. The third-order valence-corrected chi connectivity index (χ3v) is 5.34. The zero-order valence-electron chi connectivity index (χ0n) is 15.1. The van der Waals surface area contributed by atoms with E-state index in [1.807, 2.05) is 18.2 Å². The maximum absolute atomic E-state index is 11.5. The second kappa shape index (κ2) is 9.16. The number of hydrogen-bond donors (Lipinski definition) is 3. The van der Waals surface area contributed by atoms with Crippen LogP contribution >= 0.6 is 12.4 Å². The molecule has 7 nitrogen and oxygen atoms in total. The predicted molar refractivity (Wildman–Crippen MR) is 111 cm³/mol. The lowest BCUT2D eigenvalue weighted by atomic mass is 10.1. The molecule has 2 heterocycles. The molecule has 0 radical (unpaired) electrons. The average Bonchev–Trinajstić information content (AvgIpc) is 2.62. The van der Waals surface area contributed by atoms with Gasteiger partial charge < -0.3 is 16.4 Å². The molecule has 0 aliphatic carbocycles. The average molecular weight is 410 g/mol. The first-order chi connectivity index (χ1) is 12.4. The summed E-state index contributed by atoms with van der Waals surface area (Å²) in [6.07, 6.45) is 5.00. The maximum Gasteiger partial charge on any atom is 0.222 e. The molecule has 4 N–H and O–H groups in total. The quantitative estimate of drug-likeness (QED) is 0.668. The molecule has 146 valence electrons. The molecule has 27 heavy (non-hydrogen) atoms. The van der Waals surface area contributed by atoms with E-state index >= 15 is 0 Å². The van der Waals surface area contributed by atoms with Crippen molar-refractivity contribution >= 4 is 39.6 Å². The molecule has 1 aliphatic rings. The number of halogens is 1. The fraction of sp³-hybridized carbons (Fsp3) is 0.333. The highest BCUT2D eigenvalue weighted by Crippen LogP contribution is 2.21. The van der Waals surface area contributed by atoms with Crippen LogP contribution in [0.3, 0.4) is 0 Å². The van der Waals surface area contributed by atoms with Crippen LogP contribution in [-0.2, 0) is 16.3 Å². The van der Waals surface area contributed by atoms with E-state index in [0.717, 1.165) is 37.2 Å². The molecule has 0 amide bonds. The van der Waals surface area contributed by atoms with Crippen molar-refractivity contribution in [2.75, 3.05) is 36.9 Å². The maximum atomic E-state index is 11.5. The molecule has 1 aliphatic heterocycles. The molecule has 0 spiro atoms. The Morgan fingerprint density at radius 3 is 2.59 bits per heavy atom. The molecule has 0 fully saturated rings. The van der Waals surface area contributed by atoms with Crippen LogP contribution in [0.2, 0.25) is 0 Å². The van der Waals surface area contributed by atoms with E-state index in [1.165, 1.54) is 11.8 Å². The molecule has 0 atom stereocenters. The highest BCUT2D eigenvalue weighted by atomic mass is 35.5. The van der Waals surface area contributed by atoms with E-state index in [4.69, 9.17) is 5.73 Å². The standard InChI is InChI=1S/C18H23N5O2S.ClH/c1-26(24,25)15-4-2-13(3-5-15)6-11-21-17-12-16(22-18(19)23-17)14-7-9-20-10-8-14;/h2-5,7,12,20H,6,8-11H2,1H3,(H3,19,21,22,23);1H. The van der Waals surface area contributed by atoms with Crippen molar-refractivity contribution in [3.63, 3.8) is 0 Å². The number of nitrogen functional groups attached to an aromatic ring is 1. The molecule has 3 rings (SSSR count). The van der Waals surface area contributed by atoms with E-state index in [2.05, 4.69) is 26.7 Å². The minimum absolute atomic E-state index is 0. The number of benzene rings is 1. The van der Waals surface area contributed by atoms with Gasteiger partial charge in [0.05, 0.1) is 10.6 Å². The van der Waals surface area contributed by atoms with Crippen LogP contribution in [0, 0.1) is 0 Å². The Hall–Kier alpha value is -2.16. The summed E-state index contributed by atoms with van der Waals surface area (Å²) < 4.78 is 23.0. The van der Waals surface area contributed by atoms with Crippen molar-refractivity contribution in [2.24, 2.45) is 0 Å². The van der Waals surface area contributed by atoms with Gasteiger partial charge in [-0.05, 0) is 42.7 Å². The van der Waals surface area contributed by atoms with Crippen LogP contribution in [-0.4, -0.2) is 44.3 Å². The van der Waals surface area contributed by atoms with Gasteiger partial charge in [-0.25, -0.2) is 13.4 Å². The second-order valence-electron chi connectivity index (χ2n) is 6.27. The van der Waals surface area contributed by atoms with Crippen LogP contribution in [0.1, 0.15) is 17.7 Å². The van der Waals surface area contributed by atoms with Gasteiger partial charge in [0.2, 0.25) is 5.95 Å². The summed E-state index contributed by atoms with van der Waals surface area (Å²) in [4.78, 5) is 8.90. The number of nitrogens with two attached hydrogens (primary N) is 1. The number of rotatable bonds is 6. The van der Waals surface area contributed by atoms with Gasteiger partial charge >= 0.3 is 0 Å². The van der Waals surface area contributed by atoms with E-state index < -0.39 is 9.84 Å². The van der Waals surface area contributed by atoms with Crippen LogP contribution in [0.5, 0.6) is 0 Å². The van der Waals surface area contributed by atoms with Gasteiger partial charge in [0.15, 0.2) is 9.84 Å². The second-order valence-corrected chi connectivity index (χ2v) is 8.29. The summed E-state index contributed by atoms with van der Waals surface area (Å²) in [5.41, 5.74) is 8.93. The third-order valence-electron chi connectivity index (χ3n) is 4.21. The van der Waals surface area contributed by atoms with Gasteiger partial charge in [0.25, 0.3) is 0 Å². The summed E-state index contributed by atoms with van der Waals surface area (Å²) in [5, 5.41) is 6.54. The molecule has 0 bridgehead atoms. The topological polar surface area (TPSA) is 110 Å². The molecule has 2 aromatic rings. The van der Waals surface area contributed by atoms with Crippen molar-refractivity contribution in [1.82, 2.24) is 15.3 Å². The first kappa shape index (κ1) is 21.1. The Morgan fingerprint density at radius 2 is 1.96 bits per heavy atom. The fourth-order valence-electron chi connectivity index (χ4n) is 2.81. The van der Waals surface area contributed by atoms with Gasteiger partial charge in [0, 0.05) is 25.4 Å². The summed E-state index contributed by atoms with van der Waals surface area (Å²) in [5.74, 6) is 0.946. The Kier molecular flexibility index (Phi) is 7.18. The minimum atomic E-state index is -3.16. The Balaban J connectivity index is 0.00000261. The largest absolute Gasteiger partial charge is 0.370 e. The van der Waals surface area contributed by atoms with Crippen molar-refractivity contribution in [2.45, 2.75) is 17.7 Å². The lowest BCUT2D eigenvalue weighted by Crippen LogP contribution is -2.20. The molecular formula is C18H24ClN5O2S. The molecule has 9 heteroatoms. The molecule has 0 saturated heterocycles. The van der Waals surface area contributed by atoms with Crippen molar-refractivity contribution in [1.29, 1.82) is 0 Å². The monoisotopic (exact) mass is 409 g/mol. The lowest BCUT2D eigenvalue weighted by Gasteiger charge is -2.15. The highest BCUT2D eigenvalue weighted by Gasteiger charge is 2.10. The van der Waals surface area contributed by atoms with Crippen LogP contribution < -0.4 is 16.4 Å². The summed E-state index contributed by atoms with van der Waals surface area (Å²) in [6.45, 7) is 2.43. The first-order valence-electron chi connectivity index (χ1n) is 8.49. The minimum Gasteiger partial charge on any atom is -0.370 e. The van der Waals surface area contributed by atoms with Crippen molar-refractivity contribution < 1.29 is 8.42 Å². The van der Waals surface area contributed by atoms with E-state index in [1.54, 1.807) is 12.1 Å². The Labute approximate surface area is 165 Å². The third kappa shape index (κ3) is 5.92. The molecule has 0 saturated carbocycles. The van der Waals surface area contributed by atoms with Gasteiger partial charge in [-0.2, -0.15) is 4.98 Å². The summed E-state index contributed by atoms with van der Waals surface area (Å²) in [6, 6.07) is 8.85. The van der Waals surface area contributed by atoms with E-state index in [9.17, 15) is 8.42 Å². The number of sulfone groups is 1. The van der Waals surface area contributed by atoms with Gasteiger partial charge in [0.1, 0.15) is 5.82 Å². The Bertz CT molecular complexity index is 914. The lowest BCUT2D eigenvalue weighted by molar-refractivity contribution is 0.602. The zero-order valence-corrected chi connectivity index (χ0v) is 16.7. The van der Waals surface area contributed by atoms with E-state index in [-0.39, 0.29) is 18.4 Å². The van der Waals surface area contributed by atoms with Gasteiger partial charge in [-0.3, -0.25) is 0 Å². The molecule has 1 aromatic heterocycles. The van der Waals surface area contributed by atoms with Crippen molar-refractivity contribution in [3.8, 4) is 0 Å². The van der Waals surface area contributed by atoms with Crippen molar-refractivity contribution in [3.05, 3.63) is 47.7 Å². The Morgan fingerprint density at radius 1 is 1.22 bits per heavy atom.